The molecule has 0 aliphatic carbocycles. The summed E-state index contributed by atoms with van der Waals surface area (Å²) in [5, 5.41) is 3.29. The summed E-state index contributed by atoms with van der Waals surface area (Å²) in [7, 11) is 0. The number of aryl methyl sites for hydroxylation is 1. The Morgan fingerprint density at radius 3 is 2.62 bits per heavy atom. The topological polar surface area (TPSA) is 12.0 Å². The van der Waals surface area contributed by atoms with E-state index in [9.17, 15) is 8.78 Å². The molecule has 0 saturated heterocycles. The highest BCUT2D eigenvalue weighted by Crippen LogP contribution is 2.13. The molecule has 16 heavy (non-hydrogen) atoms. The normalized spacial score (nSPS) is 11.1. The number of unbranched alkanes of at least 4 members (excludes halogenated alkanes) is 1. The molecule has 0 aliphatic heterocycles. The Morgan fingerprint density at radius 1 is 1.19 bits per heavy atom. The summed E-state index contributed by atoms with van der Waals surface area (Å²) in [4.78, 5) is 0. The first kappa shape index (κ1) is 13.1. The maximum atomic E-state index is 13.2. The zero-order valence-electron chi connectivity index (χ0n) is 9.89. The van der Waals surface area contributed by atoms with Gasteiger partial charge in [-0.3, -0.25) is 0 Å². The van der Waals surface area contributed by atoms with E-state index >= 15 is 0 Å². The van der Waals surface area contributed by atoms with E-state index in [0.717, 1.165) is 25.5 Å². The Labute approximate surface area is 95.9 Å². The number of halogens is 2. The molecule has 0 radical (unpaired) electrons. The van der Waals surface area contributed by atoms with Gasteiger partial charge in [-0.05, 0) is 37.4 Å². The fraction of sp³-hybridized carbons (Fsp3) is 0.538. The van der Waals surface area contributed by atoms with Crippen molar-refractivity contribution in [2.75, 3.05) is 6.54 Å². The van der Waals surface area contributed by atoms with Gasteiger partial charge >= 0.3 is 0 Å². The molecule has 0 saturated carbocycles. The van der Waals surface area contributed by atoms with Crippen LogP contribution in [0.25, 0.3) is 0 Å². The fourth-order valence-electron chi connectivity index (χ4n) is 1.57. The lowest BCUT2D eigenvalue weighted by Gasteiger charge is -2.08. The molecule has 3 heteroatoms. The summed E-state index contributed by atoms with van der Waals surface area (Å²) in [6.07, 6.45) is 2.46. The average molecular weight is 227 g/mol. The molecule has 1 rings (SSSR count). The van der Waals surface area contributed by atoms with Crippen LogP contribution < -0.4 is 5.32 Å². The molecule has 0 heterocycles. The van der Waals surface area contributed by atoms with Crippen molar-refractivity contribution >= 4 is 0 Å². The molecule has 0 unspecified atom stereocenters. The van der Waals surface area contributed by atoms with Gasteiger partial charge in [0.25, 0.3) is 0 Å². The van der Waals surface area contributed by atoms with Gasteiger partial charge in [0.1, 0.15) is 0 Å². The minimum atomic E-state index is -0.752. The van der Waals surface area contributed by atoms with E-state index in [-0.39, 0.29) is 0 Å². The standard InChI is InChI=1S/C13H19F2N/c1-10(2)16-9-4-3-6-11-7-5-8-12(14)13(11)15/h5,7-8,10,16H,3-4,6,9H2,1-2H3. The van der Waals surface area contributed by atoms with Gasteiger partial charge in [0.05, 0.1) is 0 Å². The van der Waals surface area contributed by atoms with Crippen molar-refractivity contribution in [3.8, 4) is 0 Å². The number of rotatable bonds is 6. The fourth-order valence-corrected chi connectivity index (χ4v) is 1.57. The molecular formula is C13H19F2N. The summed E-state index contributed by atoms with van der Waals surface area (Å²) < 4.78 is 26.1. The lowest BCUT2D eigenvalue weighted by atomic mass is 10.1. The van der Waals surface area contributed by atoms with E-state index in [1.807, 2.05) is 0 Å². The molecule has 0 aliphatic rings. The van der Waals surface area contributed by atoms with Crippen LogP contribution in [0, 0.1) is 11.6 Å². The van der Waals surface area contributed by atoms with Gasteiger partial charge in [-0.25, -0.2) is 8.78 Å². The van der Waals surface area contributed by atoms with Crippen molar-refractivity contribution < 1.29 is 8.78 Å². The molecule has 90 valence electrons. The van der Waals surface area contributed by atoms with Crippen LogP contribution in [0.15, 0.2) is 18.2 Å². The summed E-state index contributed by atoms with van der Waals surface area (Å²) >= 11 is 0. The lowest BCUT2D eigenvalue weighted by Crippen LogP contribution is -2.23. The zero-order chi connectivity index (χ0) is 12.0. The van der Waals surface area contributed by atoms with Gasteiger partial charge in [0.15, 0.2) is 11.6 Å². The summed E-state index contributed by atoms with van der Waals surface area (Å²) in [5.41, 5.74) is 0.476. The van der Waals surface area contributed by atoms with E-state index < -0.39 is 11.6 Å². The molecule has 0 aromatic heterocycles. The smallest absolute Gasteiger partial charge is 0.162 e. The quantitative estimate of drug-likeness (QED) is 0.735. The van der Waals surface area contributed by atoms with E-state index in [0.29, 0.717) is 18.0 Å². The molecule has 0 fully saturated rings. The van der Waals surface area contributed by atoms with Crippen LogP contribution in [0.4, 0.5) is 8.78 Å². The van der Waals surface area contributed by atoms with Crippen molar-refractivity contribution in [1.29, 1.82) is 0 Å². The van der Waals surface area contributed by atoms with Gasteiger partial charge in [0.2, 0.25) is 0 Å². The number of nitrogens with one attached hydrogen (secondary N) is 1. The van der Waals surface area contributed by atoms with E-state index in [1.165, 1.54) is 0 Å². The highest BCUT2D eigenvalue weighted by atomic mass is 19.2. The van der Waals surface area contributed by atoms with Crippen molar-refractivity contribution in [2.24, 2.45) is 0 Å². The predicted octanol–water partition coefficient (Wildman–Crippen LogP) is 3.29. The first-order valence-electron chi connectivity index (χ1n) is 5.77. The molecule has 1 nitrogen and oxygen atoms in total. The van der Waals surface area contributed by atoms with Gasteiger partial charge in [-0.2, -0.15) is 0 Å². The van der Waals surface area contributed by atoms with Crippen LogP contribution in [-0.2, 0) is 6.42 Å². The molecule has 0 bridgehead atoms. The van der Waals surface area contributed by atoms with Crippen LogP contribution in [0.5, 0.6) is 0 Å². The first-order chi connectivity index (χ1) is 7.61. The molecule has 1 aromatic carbocycles. The van der Waals surface area contributed by atoms with Gasteiger partial charge in [0, 0.05) is 6.04 Å². The Bertz CT molecular complexity index is 324. The van der Waals surface area contributed by atoms with Gasteiger partial charge < -0.3 is 5.32 Å². The molecular weight excluding hydrogens is 208 g/mol. The third-order valence-corrected chi connectivity index (χ3v) is 2.46. The molecule has 1 N–H and O–H groups in total. The van der Waals surface area contributed by atoms with Crippen molar-refractivity contribution in [3.63, 3.8) is 0 Å². The van der Waals surface area contributed by atoms with Crippen LogP contribution in [0.2, 0.25) is 0 Å². The van der Waals surface area contributed by atoms with Gasteiger partial charge in [-0.1, -0.05) is 26.0 Å². The average Bonchev–Trinajstić information content (AvgIpc) is 2.23. The summed E-state index contributed by atoms with van der Waals surface area (Å²) in [6.45, 7) is 5.10. The summed E-state index contributed by atoms with van der Waals surface area (Å²) in [6, 6.07) is 4.83. The second kappa shape index (κ2) is 6.59. The highest BCUT2D eigenvalue weighted by molar-refractivity contribution is 5.18. The van der Waals surface area contributed by atoms with Crippen LogP contribution >= 0.6 is 0 Å². The number of benzene rings is 1. The minimum absolute atomic E-state index is 0.476. The largest absolute Gasteiger partial charge is 0.315 e. The van der Waals surface area contributed by atoms with E-state index in [1.54, 1.807) is 12.1 Å². The van der Waals surface area contributed by atoms with Crippen molar-refractivity contribution in [2.45, 2.75) is 39.2 Å². The second-order valence-corrected chi connectivity index (χ2v) is 4.28. The Hall–Kier alpha value is -0.960. The maximum Gasteiger partial charge on any atom is 0.162 e. The third kappa shape index (κ3) is 4.27. The first-order valence-corrected chi connectivity index (χ1v) is 5.77. The van der Waals surface area contributed by atoms with E-state index in [2.05, 4.69) is 19.2 Å². The van der Waals surface area contributed by atoms with Crippen LogP contribution in [0.3, 0.4) is 0 Å². The highest BCUT2D eigenvalue weighted by Gasteiger charge is 2.06. The zero-order valence-corrected chi connectivity index (χ0v) is 9.89. The SMILES string of the molecule is CC(C)NCCCCc1cccc(F)c1F. The van der Waals surface area contributed by atoms with Crippen molar-refractivity contribution in [3.05, 3.63) is 35.4 Å². The Balaban J connectivity index is 2.29. The monoisotopic (exact) mass is 227 g/mol. The van der Waals surface area contributed by atoms with Crippen LogP contribution in [0.1, 0.15) is 32.3 Å². The third-order valence-electron chi connectivity index (χ3n) is 2.46. The molecule has 1 aromatic rings. The summed E-state index contributed by atoms with van der Waals surface area (Å²) in [5.74, 6) is -1.45. The Kier molecular flexibility index (Phi) is 5.39. The van der Waals surface area contributed by atoms with E-state index in [4.69, 9.17) is 0 Å². The maximum absolute atomic E-state index is 13.2. The molecule has 0 amide bonds. The lowest BCUT2D eigenvalue weighted by molar-refractivity contribution is 0.494. The van der Waals surface area contributed by atoms with Crippen LogP contribution in [-0.4, -0.2) is 12.6 Å². The molecule has 0 atom stereocenters. The molecule has 0 spiro atoms. The number of hydrogen-bond acceptors (Lipinski definition) is 1. The second-order valence-electron chi connectivity index (χ2n) is 4.28. The Morgan fingerprint density at radius 2 is 1.94 bits per heavy atom. The minimum Gasteiger partial charge on any atom is -0.315 e. The predicted molar refractivity (Wildman–Crippen MR) is 62.4 cm³/mol. The van der Waals surface area contributed by atoms with Gasteiger partial charge in [-0.15, -0.1) is 0 Å². The van der Waals surface area contributed by atoms with Crippen molar-refractivity contribution in [1.82, 2.24) is 5.32 Å². The number of hydrogen-bond donors (Lipinski definition) is 1.